The predicted octanol–water partition coefficient (Wildman–Crippen LogP) is 4.09. The van der Waals surface area contributed by atoms with E-state index in [1.54, 1.807) is 18.2 Å². The molecular weight excluding hydrogens is 723 g/mol. The highest BCUT2D eigenvalue weighted by Crippen LogP contribution is 2.49. The Morgan fingerprint density at radius 2 is 1.80 bits per heavy atom. The molecule has 3 fully saturated rings. The van der Waals surface area contributed by atoms with Crippen molar-refractivity contribution >= 4 is 43.3 Å². The summed E-state index contributed by atoms with van der Waals surface area (Å²) >= 11 is 0. The molecule has 3 aliphatic rings. The molecule has 0 radical (unpaired) electrons. The van der Waals surface area contributed by atoms with Crippen molar-refractivity contribution in [3.8, 4) is 11.8 Å². The van der Waals surface area contributed by atoms with Crippen molar-refractivity contribution in [1.29, 1.82) is 5.26 Å². The molecule has 2 saturated carbocycles. The van der Waals surface area contributed by atoms with Crippen molar-refractivity contribution in [3.63, 3.8) is 0 Å². The molecule has 2 aliphatic carbocycles. The summed E-state index contributed by atoms with van der Waals surface area (Å²) in [4.78, 5) is 54.6. The van der Waals surface area contributed by atoms with E-state index in [0.29, 0.717) is 11.8 Å². The van der Waals surface area contributed by atoms with E-state index in [9.17, 15) is 29.0 Å². The normalized spacial score (nSPS) is 25.3. The summed E-state index contributed by atoms with van der Waals surface area (Å²) < 4.78 is 51.1. The second-order valence-corrected chi connectivity index (χ2v) is 15.5. The molecule has 0 amide bonds. The first kappa shape index (κ1) is 38.8. The highest BCUT2D eigenvalue weighted by atomic mass is 31.2. The molecule has 288 valence electrons. The SMILES string of the molecule is CC(=O)O[C@H]1[C@@H](OC(C)=O)[C@](C#N)(c2ccc3c(N)ncnn23)O[C@@H]1COP(=O)(N[C@H](C=O)CC(=O)OC1(C2CCCC2)CCCC1)Oc1ccccc1. The molecule has 2 aromatic heterocycles. The van der Waals surface area contributed by atoms with Gasteiger partial charge in [0, 0.05) is 13.8 Å². The number of hydrogen-bond acceptors (Lipinski definition) is 15. The van der Waals surface area contributed by atoms with Gasteiger partial charge in [0.1, 0.15) is 41.7 Å². The molecule has 3 aromatic rings. The molecule has 1 aromatic carbocycles. The number of para-hydroxylation sites is 1. The van der Waals surface area contributed by atoms with Crippen LogP contribution in [0.5, 0.6) is 5.75 Å². The fourth-order valence-corrected chi connectivity index (χ4v) is 9.33. The van der Waals surface area contributed by atoms with Gasteiger partial charge in [0.05, 0.1) is 24.8 Å². The van der Waals surface area contributed by atoms with Gasteiger partial charge in [-0.3, -0.25) is 18.9 Å². The first-order valence-corrected chi connectivity index (χ1v) is 19.4. The molecule has 1 aliphatic heterocycles. The molecular formula is C36H43N6O11P. The van der Waals surface area contributed by atoms with Gasteiger partial charge in [-0.05, 0) is 68.7 Å². The van der Waals surface area contributed by atoms with Gasteiger partial charge in [-0.15, -0.1) is 0 Å². The number of rotatable bonds is 15. The zero-order chi connectivity index (χ0) is 38.5. The smallest absolute Gasteiger partial charge is 0.459 e. The van der Waals surface area contributed by atoms with Crippen molar-refractivity contribution in [2.45, 2.75) is 107 Å². The summed E-state index contributed by atoms with van der Waals surface area (Å²) in [5, 5.41) is 17.5. The van der Waals surface area contributed by atoms with Crippen molar-refractivity contribution in [3.05, 3.63) is 54.5 Å². The van der Waals surface area contributed by atoms with E-state index in [-0.39, 0.29) is 23.2 Å². The Morgan fingerprint density at radius 3 is 2.44 bits per heavy atom. The van der Waals surface area contributed by atoms with Crippen LogP contribution in [0.2, 0.25) is 0 Å². The van der Waals surface area contributed by atoms with Crippen molar-refractivity contribution in [2.75, 3.05) is 12.3 Å². The zero-order valence-corrected chi connectivity index (χ0v) is 30.9. The third-order valence-corrected chi connectivity index (χ3v) is 11.7. The number of benzene rings is 1. The van der Waals surface area contributed by atoms with Crippen LogP contribution in [0.3, 0.4) is 0 Å². The minimum absolute atomic E-state index is 0.0546. The number of fused-ring (bicyclic) bond motifs is 1. The standard InChI is InChI=1S/C36H43N6O11P/c1-23(44)49-32-29(51-36(21-37,33(32)50-24(2)45)30-15-14-28-34(38)39-22-40-42(28)30)20-48-54(47,53-27-12-4-3-5-13-27)41-26(19-43)18-31(46)52-35(16-8-9-17-35)25-10-6-7-11-25/h3-5,12-15,19,22,25-26,29,32-33H,6-11,16-18,20H2,1-2H3,(H,41,47)(H2,38,39,40)/t26-,29+,32+,33+,36-,54?/m0/s1. The summed E-state index contributed by atoms with van der Waals surface area (Å²) in [6.07, 6.45) is 4.10. The second-order valence-electron chi connectivity index (χ2n) is 13.8. The molecule has 0 spiro atoms. The fourth-order valence-electron chi connectivity index (χ4n) is 7.85. The first-order chi connectivity index (χ1) is 25.9. The third-order valence-electron chi connectivity index (χ3n) is 10.1. The Bertz CT molecular complexity index is 1940. The number of nitrogens with one attached hydrogen (secondary N) is 1. The minimum Gasteiger partial charge on any atom is -0.459 e. The van der Waals surface area contributed by atoms with Crippen molar-refractivity contribution in [2.24, 2.45) is 5.92 Å². The summed E-state index contributed by atoms with van der Waals surface area (Å²) in [6.45, 7) is 1.51. The van der Waals surface area contributed by atoms with Crippen LogP contribution >= 0.6 is 7.75 Å². The topological polar surface area (TPSA) is 233 Å². The van der Waals surface area contributed by atoms with Gasteiger partial charge in [-0.25, -0.2) is 19.2 Å². The van der Waals surface area contributed by atoms with E-state index >= 15 is 0 Å². The van der Waals surface area contributed by atoms with Crippen LogP contribution in [0, 0.1) is 17.2 Å². The number of nitrogens with two attached hydrogens (primary N) is 1. The number of nitriles is 1. The number of nitrogen functional groups attached to an aromatic ring is 1. The number of hydrogen-bond donors (Lipinski definition) is 2. The number of aromatic nitrogens is 3. The van der Waals surface area contributed by atoms with Gasteiger partial charge in [-0.1, -0.05) is 31.0 Å². The number of carbonyl (C=O) groups excluding carboxylic acids is 4. The summed E-state index contributed by atoms with van der Waals surface area (Å²) in [7, 11) is -4.60. The maximum atomic E-state index is 14.6. The van der Waals surface area contributed by atoms with E-state index < -0.39 is 74.2 Å². The lowest BCUT2D eigenvalue weighted by atomic mass is 9.84. The van der Waals surface area contributed by atoms with Crippen LogP contribution in [0.4, 0.5) is 5.82 Å². The minimum atomic E-state index is -4.60. The molecule has 0 bridgehead atoms. The third kappa shape index (κ3) is 8.12. The largest absolute Gasteiger partial charge is 0.459 e. The van der Waals surface area contributed by atoms with E-state index in [1.165, 1.54) is 28.8 Å². The Hall–Kier alpha value is -4.88. The van der Waals surface area contributed by atoms with E-state index in [0.717, 1.165) is 71.5 Å². The van der Waals surface area contributed by atoms with Crippen molar-refractivity contribution in [1.82, 2.24) is 19.7 Å². The molecule has 1 saturated heterocycles. The van der Waals surface area contributed by atoms with E-state index in [4.69, 9.17) is 33.7 Å². The van der Waals surface area contributed by atoms with Crippen LogP contribution in [-0.2, 0) is 52.8 Å². The van der Waals surface area contributed by atoms with Gasteiger partial charge < -0.3 is 34.0 Å². The average molecular weight is 767 g/mol. The van der Waals surface area contributed by atoms with E-state index in [1.807, 2.05) is 0 Å². The average Bonchev–Trinajstić information content (AvgIpc) is 3.96. The van der Waals surface area contributed by atoms with Crippen LogP contribution < -0.4 is 15.3 Å². The number of anilines is 1. The monoisotopic (exact) mass is 766 g/mol. The van der Waals surface area contributed by atoms with E-state index in [2.05, 4.69) is 21.2 Å². The van der Waals surface area contributed by atoms with Gasteiger partial charge in [0.25, 0.3) is 0 Å². The van der Waals surface area contributed by atoms with Gasteiger partial charge >= 0.3 is 25.7 Å². The first-order valence-electron chi connectivity index (χ1n) is 17.9. The highest BCUT2D eigenvalue weighted by molar-refractivity contribution is 7.52. The lowest BCUT2D eigenvalue weighted by Crippen LogP contribution is -2.45. The van der Waals surface area contributed by atoms with Crippen LogP contribution in [0.25, 0.3) is 5.52 Å². The lowest BCUT2D eigenvalue weighted by molar-refractivity contribution is -0.166. The van der Waals surface area contributed by atoms with Crippen LogP contribution in [0.15, 0.2) is 48.8 Å². The molecule has 54 heavy (non-hydrogen) atoms. The van der Waals surface area contributed by atoms with Crippen LogP contribution in [-0.4, -0.2) is 75.4 Å². The Balaban J connectivity index is 1.28. The molecule has 1 unspecified atom stereocenters. The maximum absolute atomic E-state index is 14.6. The molecule has 17 nitrogen and oxygen atoms in total. The second kappa shape index (κ2) is 16.2. The number of ether oxygens (including phenoxy) is 4. The molecule has 3 heterocycles. The Morgan fingerprint density at radius 1 is 1.09 bits per heavy atom. The highest BCUT2D eigenvalue weighted by Gasteiger charge is 2.62. The van der Waals surface area contributed by atoms with Gasteiger partial charge in [0.15, 0.2) is 18.0 Å². The van der Waals surface area contributed by atoms with Gasteiger partial charge in [-0.2, -0.15) is 10.4 Å². The number of nitrogens with zero attached hydrogens (tertiary/aromatic N) is 4. The summed E-state index contributed by atoms with van der Waals surface area (Å²) in [5.41, 5.74) is 3.64. The molecule has 18 heteroatoms. The fraction of sp³-hybridized carbons (Fsp3) is 0.528. The lowest BCUT2D eigenvalue weighted by Gasteiger charge is -2.35. The summed E-state index contributed by atoms with van der Waals surface area (Å²) in [6, 6.07) is 11.6. The molecule has 6 atom stereocenters. The van der Waals surface area contributed by atoms with Gasteiger partial charge in [0.2, 0.25) is 5.60 Å². The number of aldehydes is 1. The van der Waals surface area contributed by atoms with Crippen molar-refractivity contribution < 1.29 is 51.7 Å². The Kier molecular flexibility index (Phi) is 11.7. The number of esters is 3. The maximum Gasteiger partial charge on any atom is 0.459 e. The summed E-state index contributed by atoms with van der Waals surface area (Å²) in [5.74, 6) is -1.84. The number of carbonyl (C=O) groups is 4. The Labute approximate surface area is 311 Å². The zero-order valence-electron chi connectivity index (χ0n) is 30.0. The quantitative estimate of drug-likeness (QED) is 0.0960. The van der Waals surface area contributed by atoms with Crippen LogP contribution in [0.1, 0.15) is 77.3 Å². The molecule has 6 rings (SSSR count). The molecule has 3 N–H and O–H groups in total. The predicted molar refractivity (Wildman–Crippen MR) is 188 cm³/mol.